The number of para-hydroxylation sites is 1. The monoisotopic (exact) mass is 772 g/mol. The lowest BCUT2D eigenvalue weighted by atomic mass is 9.68. The second-order valence-electron chi connectivity index (χ2n) is 15.3. The van der Waals surface area contributed by atoms with Gasteiger partial charge in [0.05, 0.1) is 16.6 Å². The van der Waals surface area contributed by atoms with Crippen molar-refractivity contribution in [2.24, 2.45) is 0 Å². The molecule has 0 amide bonds. The standard InChI is InChI=1S/C58H48N2/c1-6-20-45(21-7-2)59(48-36-38-55-53(40-48)51-27-16-18-29-54(51)58(55,43-23-12-10-13-24-43)44-25-14-11-15-26-44)47-35-37-50(41(5)39-47)42-31-33-46(34-32-42)60-56(22-8-3)49(9-4)52-28-17-19-30-57(52)60/h6-40H,1,4H2,2-3,5H3/b21-7-,22-8-,45-20+. The number of rotatable bonds is 11. The lowest BCUT2D eigenvalue weighted by Gasteiger charge is -2.34. The average molecular weight is 773 g/mol. The SMILES string of the molecule is C=C/C=C(\C=C/C)N(c1ccc(-c2ccc(-n3c(/C=C\C)c(C=C)c4ccccc43)cc2)c(C)c1)c1ccc2c(c1)-c1ccccc1C2(c1ccccc1)c1ccccc1. The molecule has 8 aromatic rings. The summed E-state index contributed by atoms with van der Waals surface area (Å²) in [4.78, 5) is 2.35. The minimum Gasteiger partial charge on any atom is -0.310 e. The van der Waals surface area contributed by atoms with Gasteiger partial charge < -0.3 is 9.47 Å². The number of benzene rings is 7. The van der Waals surface area contributed by atoms with Gasteiger partial charge in [0.15, 0.2) is 0 Å². The van der Waals surface area contributed by atoms with Crippen LogP contribution in [0.5, 0.6) is 0 Å². The Balaban J connectivity index is 1.15. The third-order valence-electron chi connectivity index (χ3n) is 12.0. The Kier molecular flexibility index (Phi) is 10.2. The van der Waals surface area contributed by atoms with Gasteiger partial charge in [0.25, 0.3) is 0 Å². The van der Waals surface area contributed by atoms with Crippen LogP contribution in [0.2, 0.25) is 0 Å². The maximum Gasteiger partial charge on any atom is 0.0713 e. The van der Waals surface area contributed by atoms with Gasteiger partial charge in [-0.15, -0.1) is 0 Å². The van der Waals surface area contributed by atoms with E-state index < -0.39 is 5.41 Å². The van der Waals surface area contributed by atoms with Crippen molar-refractivity contribution >= 4 is 34.4 Å². The number of hydrogen-bond acceptors (Lipinski definition) is 1. The molecule has 9 rings (SSSR count). The van der Waals surface area contributed by atoms with E-state index in [1.165, 1.54) is 61.0 Å². The first-order valence-electron chi connectivity index (χ1n) is 20.7. The summed E-state index contributed by atoms with van der Waals surface area (Å²) in [6.45, 7) is 14.6. The van der Waals surface area contributed by atoms with Crippen molar-refractivity contribution < 1.29 is 0 Å². The Labute approximate surface area is 354 Å². The second kappa shape index (κ2) is 16.1. The molecule has 0 N–H and O–H groups in total. The lowest BCUT2D eigenvalue weighted by Crippen LogP contribution is -2.28. The molecule has 0 atom stereocenters. The minimum absolute atomic E-state index is 0.453. The first kappa shape index (κ1) is 38.1. The van der Waals surface area contributed by atoms with Gasteiger partial charge in [-0.3, -0.25) is 0 Å². The molecule has 2 heteroatoms. The summed E-state index contributed by atoms with van der Waals surface area (Å²) in [5.41, 5.74) is 18.4. The van der Waals surface area contributed by atoms with Crippen LogP contribution in [0.25, 0.3) is 51.0 Å². The van der Waals surface area contributed by atoms with E-state index in [4.69, 9.17) is 0 Å². The fourth-order valence-corrected chi connectivity index (χ4v) is 9.52. The summed E-state index contributed by atoms with van der Waals surface area (Å²) in [7, 11) is 0. The highest BCUT2D eigenvalue weighted by Gasteiger charge is 2.46. The fourth-order valence-electron chi connectivity index (χ4n) is 9.52. The van der Waals surface area contributed by atoms with Crippen LogP contribution in [0.4, 0.5) is 11.4 Å². The van der Waals surface area contributed by atoms with Gasteiger partial charge in [-0.1, -0.05) is 165 Å². The molecule has 0 unspecified atom stereocenters. The molecular weight excluding hydrogens is 725 g/mol. The summed E-state index contributed by atoms with van der Waals surface area (Å²) in [5, 5.41) is 1.20. The van der Waals surface area contributed by atoms with Gasteiger partial charge in [0, 0.05) is 33.7 Å². The Morgan fingerprint density at radius 3 is 1.90 bits per heavy atom. The van der Waals surface area contributed by atoms with E-state index in [0.29, 0.717) is 0 Å². The summed E-state index contributed by atoms with van der Waals surface area (Å²) < 4.78 is 2.33. The first-order valence-corrected chi connectivity index (χ1v) is 20.7. The quantitative estimate of drug-likeness (QED) is 0.119. The van der Waals surface area contributed by atoms with Crippen molar-refractivity contribution in [3.63, 3.8) is 0 Å². The zero-order chi connectivity index (χ0) is 41.2. The van der Waals surface area contributed by atoms with Crippen molar-refractivity contribution in [2.75, 3.05) is 4.90 Å². The summed E-state index contributed by atoms with van der Waals surface area (Å²) in [6.07, 6.45) is 14.4. The van der Waals surface area contributed by atoms with E-state index in [2.05, 4.69) is 244 Å². The van der Waals surface area contributed by atoms with E-state index in [1.807, 2.05) is 12.2 Å². The molecule has 0 aliphatic heterocycles. The maximum absolute atomic E-state index is 4.15. The van der Waals surface area contributed by atoms with Gasteiger partial charge in [0.1, 0.15) is 0 Å². The highest BCUT2D eigenvalue weighted by molar-refractivity contribution is 5.95. The van der Waals surface area contributed by atoms with Crippen LogP contribution in [-0.4, -0.2) is 4.57 Å². The Morgan fingerprint density at radius 1 is 0.600 bits per heavy atom. The van der Waals surface area contributed by atoms with E-state index >= 15 is 0 Å². The number of fused-ring (bicyclic) bond motifs is 4. The number of nitrogens with zero attached hydrogens (tertiary/aromatic N) is 2. The molecule has 60 heavy (non-hydrogen) atoms. The number of aromatic nitrogens is 1. The molecule has 0 bridgehead atoms. The highest BCUT2D eigenvalue weighted by Crippen LogP contribution is 2.57. The number of aryl methyl sites for hydroxylation is 1. The molecule has 1 heterocycles. The Bertz CT molecular complexity index is 2930. The molecule has 0 spiro atoms. The second-order valence-corrected chi connectivity index (χ2v) is 15.3. The molecule has 0 saturated carbocycles. The van der Waals surface area contributed by atoms with E-state index in [9.17, 15) is 0 Å². The Hall–Kier alpha value is -7.42. The largest absolute Gasteiger partial charge is 0.310 e. The van der Waals surface area contributed by atoms with Crippen LogP contribution in [0, 0.1) is 6.92 Å². The van der Waals surface area contributed by atoms with Crippen molar-refractivity contribution in [2.45, 2.75) is 26.2 Å². The molecule has 1 aliphatic carbocycles. The van der Waals surface area contributed by atoms with Crippen molar-refractivity contribution in [1.82, 2.24) is 4.57 Å². The molecule has 0 radical (unpaired) electrons. The van der Waals surface area contributed by atoms with Gasteiger partial charge in [-0.25, -0.2) is 0 Å². The highest BCUT2D eigenvalue weighted by atomic mass is 15.1. The summed E-state index contributed by atoms with van der Waals surface area (Å²) in [6, 6.07) is 62.2. The smallest absolute Gasteiger partial charge is 0.0713 e. The van der Waals surface area contributed by atoms with Gasteiger partial charge >= 0.3 is 0 Å². The number of anilines is 2. The van der Waals surface area contributed by atoms with Crippen molar-refractivity contribution in [3.05, 3.63) is 258 Å². The van der Waals surface area contributed by atoms with Gasteiger partial charge in [0.2, 0.25) is 0 Å². The summed E-state index contributed by atoms with van der Waals surface area (Å²) >= 11 is 0. The average Bonchev–Trinajstić information content (AvgIpc) is 3.77. The van der Waals surface area contributed by atoms with Crippen LogP contribution in [-0.2, 0) is 5.41 Å². The normalized spacial score (nSPS) is 13.2. The Morgan fingerprint density at radius 2 is 1.23 bits per heavy atom. The fraction of sp³-hybridized carbons (Fsp3) is 0.0690. The molecule has 0 fully saturated rings. The van der Waals surface area contributed by atoms with Crippen molar-refractivity contribution in [3.8, 4) is 27.9 Å². The van der Waals surface area contributed by atoms with E-state index in [-0.39, 0.29) is 0 Å². The van der Waals surface area contributed by atoms with Crippen LogP contribution >= 0.6 is 0 Å². The topological polar surface area (TPSA) is 8.17 Å². The molecule has 7 aromatic carbocycles. The van der Waals surface area contributed by atoms with Crippen LogP contribution in [0.15, 0.2) is 219 Å². The predicted molar refractivity (Wildman–Crippen MR) is 257 cm³/mol. The zero-order valence-corrected chi connectivity index (χ0v) is 34.5. The molecular formula is C58H48N2. The van der Waals surface area contributed by atoms with Crippen LogP contribution in [0.3, 0.4) is 0 Å². The molecule has 0 saturated heterocycles. The molecule has 1 aromatic heterocycles. The minimum atomic E-state index is -0.453. The zero-order valence-electron chi connectivity index (χ0n) is 34.5. The third-order valence-corrected chi connectivity index (χ3v) is 12.0. The maximum atomic E-state index is 4.15. The van der Waals surface area contributed by atoms with Crippen molar-refractivity contribution in [1.29, 1.82) is 0 Å². The van der Waals surface area contributed by atoms with Crippen LogP contribution < -0.4 is 4.90 Å². The lowest BCUT2D eigenvalue weighted by molar-refractivity contribution is 0.768. The molecule has 1 aliphatic rings. The molecule has 2 nitrogen and oxygen atoms in total. The third kappa shape index (κ3) is 6.20. The molecule has 290 valence electrons. The van der Waals surface area contributed by atoms with E-state index in [1.54, 1.807) is 0 Å². The summed E-state index contributed by atoms with van der Waals surface area (Å²) in [5.74, 6) is 0. The van der Waals surface area contributed by atoms with Gasteiger partial charge in [-0.05, 0) is 132 Å². The first-order chi connectivity index (χ1) is 29.5. The number of hydrogen-bond donors (Lipinski definition) is 0. The predicted octanol–water partition coefficient (Wildman–Crippen LogP) is 15.4. The van der Waals surface area contributed by atoms with Gasteiger partial charge in [-0.2, -0.15) is 0 Å². The van der Waals surface area contributed by atoms with E-state index in [0.717, 1.165) is 34.0 Å². The van der Waals surface area contributed by atoms with Crippen LogP contribution in [0.1, 0.15) is 52.9 Å². The number of allylic oxidation sites excluding steroid dienone is 5.